The average Bonchev–Trinajstić information content (AvgIpc) is 1.59. The van der Waals surface area contributed by atoms with Crippen LogP contribution in [-0.4, -0.2) is 0 Å². The third-order valence-corrected chi connectivity index (χ3v) is 11.8. The van der Waals surface area contributed by atoms with Crippen molar-refractivity contribution in [2.24, 2.45) is 0 Å². The molecule has 0 radical (unpaired) electrons. The van der Waals surface area contributed by atoms with Gasteiger partial charge in [0.25, 0.3) is 0 Å². The summed E-state index contributed by atoms with van der Waals surface area (Å²) < 4.78 is 3.09. The second-order valence-electron chi connectivity index (χ2n) is 3.96. The fourth-order valence-corrected chi connectivity index (χ4v) is 11.8. The van der Waals surface area contributed by atoms with Gasteiger partial charge in [0, 0.05) is 0 Å². The van der Waals surface area contributed by atoms with E-state index in [1.165, 1.54) is 0 Å². The van der Waals surface area contributed by atoms with Gasteiger partial charge in [0.05, 0.1) is 0 Å². The second-order valence-corrected chi connectivity index (χ2v) is 14.9. The molecule has 61 valence electrons. The standard InChI is InChI=1S/3C3H7.Zr/c3*1-3-2;/h3*3H,1-2H3;. The van der Waals surface area contributed by atoms with Crippen LogP contribution in [0.1, 0.15) is 41.5 Å². The van der Waals surface area contributed by atoms with Crippen molar-refractivity contribution in [3.05, 3.63) is 0 Å². The van der Waals surface area contributed by atoms with Crippen molar-refractivity contribution < 1.29 is 21.8 Å². The van der Waals surface area contributed by atoms with E-state index in [4.69, 9.17) is 0 Å². The Kier molecular flexibility index (Phi) is 5.11. The molecule has 0 N–H and O–H groups in total. The van der Waals surface area contributed by atoms with Crippen LogP contribution >= 0.6 is 0 Å². The van der Waals surface area contributed by atoms with E-state index >= 15 is 0 Å². The molecule has 0 aliphatic carbocycles. The Bertz CT molecular complexity index is 65.7. The topological polar surface area (TPSA) is 0 Å². The van der Waals surface area contributed by atoms with Gasteiger partial charge in [-0.25, -0.2) is 0 Å². The SMILES string of the molecule is C[CH](C)[Zr]([CH](C)C)[CH](C)C. The first kappa shape index (κ1) is 10.9. The molecule has 0 aromatic rings. The van der Waals surface area contributed by atoms with Crippen molar-refractivity contribution in [3.8, 4) is 0 Å². The summed E-state index contributed by atoms with van der Waals surface area (Å²) in [7, 11) is 0. The minimum absolute atomic E-state index is 1.01. The van der Waals surface area contributed by atoms with Crippen LogP contribution in [0.3, 0.4) is 0 Å². The summed E-state index contributed by atoms with van der Waals surface area (Å²) in [5.41, 5.74) is 0. The third-order valence-electron chi connectivity index (χ3n) is 2.00. The van der Waals surface area contributed by atoms with Crippen molar-refractivity contribution in [3.63, 3.8) is 0 Å². The van der Waals surface area contributed by atoms with Crippen LogP contribution < -0.4 is 0 Å². The Morgan fingerprint density at radius 1 is 0.600 bits per heavy atom. The van der Waals surface area contributed by atoms with Crippen molar-refractivity contribution in [1.82, 2.24) is 0 Å². The first-order valence-electron chi connectivity index (χ1n) is 4.33. The summed E-state index contributed by atoms with van der Waals surface area (Å²) in [4.78, 5) is 0. The third kappa shape index (κ3) is 3.33. The quantitative estimate of drug-likeness (QED) is 0.672. The number of hydrogen-bond donors (Lipinski definition) is 0. The van der Waals surface area contributed by atoms with E-state index in [1.54, 1.807) is 0 Å². The van der Waals surface area contributed by atoms with E-state index in [0.717, 1.165) is 10.9 Å². The summed E-state index contributed by atoms with van der Waals surface area (Å²) in [5, 5.41) is 0. The molecular formula is C9H21Zr. The van der Waals surface area contributed by atoms with E-state index in [-0.39, 0.29) is 0 Å². The predicted molar refractivity (Wildman–Crippen MR) is 45.3 cm³/mol. The van der Waals surface area contributed by atoms with Gasteiger partial charge in [-0.2, -0.15) is 0 Å². The van der Waals surface area contributed by atoms with Crippen molar-refractivity contribution in [2.75, 3.05) is 0 Å². The molecule has 1 heteroatoms. The minimum atomic E-state index is -1.01. The Morgan fingerprint density at radius 3 is 0.800 bits per heavy atom. The molecule has 10 heavy (non-hydrogen) atoms. The Morgan fingerprint density at radius 2 is 0.800 bits per heavy atom. The van der Waals surface area contributed by atoms with Gasteiger partial charge in [-0.05, 0) is 0 Å². The van der Waals surface area contributed by atoms with Crippen molar-refractivity contribution >= 4 is 0 Å². The van der Waals surface area contributed by atoms with Crippen LogP contribution in [0.2, 0.25) is 10.9 Å². The second kappa shape index (κ2) is 4.70. The molecule has 0 heterocycles. The molecule has 0 spiro atoms. The maximum atomic E-state index is 2.41. The molecule has 0 atom stereocenters. The Labute approximate surface area is 74.1 Å². The van der Waals surface area contributed by atoms with Gasteiger partial charge >= 0.3 is 74.2 Å². The van der Waals surface area contributed by atoms with Gasteiger partial charge in [-0.1, -0.05) is 0 Å². The molecule has 0 aliphatic rings. The van der Waals surface area contributed by atoms with Crippen LogP contribution in [0, 0.1) is 0 Å². The molecule has 0 bridgehead atoms. The summed E-state index contributed by atoms with van der Waals surface area (Å²) >= 11 is -1.01. The molecule has 0 saturated carbocycles. The van der Waals surface area contributed by atoms with Crippen LogP contribution in [0.15, 0.2) is 0 Å². The molecule has 0 unspecified atom stereocenters. The fraction of sp³-hybridized carbons (Fsp3) is 1.00. The normalized spacial score (nSPS) is 11.7. The van der Waals surface area contributed by atoms with E-state index in [2.05, 4.69) is 41.5 Å². The molecule has 0 aromatic carbocycles. The summed E-state index contributed by atoms with van der Waals surface area (Å²) in [5.74, 6) is 0. The van der Waals surface area contributed by atoms with Gasteiger partial charge in [0.2, 0.25) is 0 Å². The van der Waals surface area contributed by atoms with Crippen LogP contribution in [0.4, 0.5) is 0 Å². The number of rotatable bonds is 3. The Hall–Kier alpha value is 0.883. The maximum absolute atomic E-state index is 2.41. The van der Waals surface area contributed by atoms with Gasteiger partial charge in [0.15, 0.2) is 0 Å². The van der Waals surface area contributed by atoms with E-state index in [0.29, 0.717) is 0 Å². The number of hydrogen-bond acceptors (Lipinski definition) is 0. The van der Waals surface area contributed by atoms with Gasteiger partial charge in [0.1, 0.15) is 0 Å². The fourth-order valence-electron chi connectivity index (χ4n) is 2.00. The first-order valence-corrected chi connectivity index (χ1v) is 8.59. The molecule has 0 amide bonds. The first-order chi connectivity index (χ1) is 4.46. The monoisotopic (exact) mass is 219 g/mol. The van der Waals surface area contributed by atoms with E-state index in [1.807, 2.05) is 0 Å². The Balaban J connectivity index is 3.98. The van der Waals surface area contributed by atoms with Gasteiger partial charge in [-0.15, -0.1) is 0 Å². The van der Waals surface area contributed by atoms with Crippen LogP contribution in [0.5, 0.6) is 0 Å². The zero-order valence-corrected chi connectivity index (χ0v) is 10.7. The molecule has 0 aliphatic heterocycles. The molecular weight excluding hydrogens is 199 g/mol. The molecule has 0 nitrogen and oxygen atoms in total. The predicted octanol–water partition coefficient (Wildman–Crippen LogP) is 4.09. The average molecular weight is 220 g/mol. The van der Waals surface area contributed by atoms with Crippen molar-refractivity contribution in [2.45, 2.75) is 52.4 Å². The van der Waals surface area contributed by atoms with Crippen LogP contribution in [0.25, 0.3) is 0 Å². The van der Waals surface area contributed by atoms with E-state index < -0.39 is 21.8 Å². The molecule has 0 saturated heterocycles. The van der Waals surface area contributed by atoms with Gasteiger partial charge < -0.3 is 0 Å². The summed E-state index contributed by atoms with van der Waals surface area (Å²) in [6.45, 7) is 14.5. The molecule has 0 fully saturated rings. The van der Waals surface area contributed by atoms with Crippen LogP contribution in [-0.2, 0) is 21.8 Å². The molecule has 0 rings (SSSR count). The zero-order valence-electron chi connectivity index (χ0n) is 8.23. The summed E-state index contributed by atoms with van der Waals surface area (Å²) in [6.07, 6.45) is 0. The van der Waals surface area contributed by atoms with Crippen molar-refractivity contribution in [1.29, 1.82) is 0 Å². The van der Waals surface area contributed by atoms with Gasteiger partial charge in [-0.3, -0.25) is 0 Å². The summed E-state index contributed by atoms with van der Waals surface area (Å²) in [6, 6.07) is 0. The zero-order chi connectivity index (χ0) is 8.31. The van der Waals surface area contributed by atoms with E-state index in [9.17, 15) is 0 Å². The molecule has 0 aromatic heterocycles.